The minimum atomic E-state index is -0.283. The second-order valence-corrected chi connectivity index (χ2v) is 6.50. The van der Waals surface area contributed by atoms with E-state index in [1.165, 1.54) is 0 Å². The average Bonchev–Trinajstić information content (AvgIpc) is 2.31. The molecule has 0 spiro atoms. The van der Waals surface area contributed by atoms with E-state index < -0.39 is 0 Å². The first-order chi connectivity index (χ1) is 8.84. The molecule has 102 valence electrons. The van der Waals surface area contributed by atoms with E-state index in [1.54, 1.807) is 4.57 Å². The van der Waals surface area contributed by atoms with E-state index in [-0.39, 0.29) is 11.0 Å². The summed E-state index contributed by atoms with van der Waals surface area (Å²) in [4.78, 5) is 17.1. The molecule has 1 aromatic heterocycles. The molecular weight excluding hydrogens is 306 g/mol. The third kappa shape index (κ3) is 2.72. The van der Waals surface area contributed by atoms with E-state index in [1.807, 2.05) is 39.0 Å². The molecule has 5 heteroatoms. The Kier molecular flexibility index (Phi) is 3.78. The highest BCUT2D eigenvalue weighted by Gasteiger charge is 2.22. The van der Waals surface area contributed by atoms with Crippen molar-refractivity contribution in [1.82, 2.24) is 9.55 Å². The molecule has 0 aliphatic carbocycles. The van der Waals surface area contributed by atoms with Crippen LogP contribution in [0.1, 0.15) is 26.5 Å². The monoisotopic (exact) mass is 323 g/mol. The number of nitrogens with two attached hydrogens (primary N) is 1. The van der Waals surface area contributed by atoms with Crippen LogP contribution in [0.25, 0.3) is 11.0 Å². The van der Waals surface area contributed by atoms with E-state index >= 15 is 0 Å². The summed E-state index contributed by atoms with van der Waals surface area (Å²) in [5.74, 6) is 0. The zero-order valence-corrected chi connectivity index (χ0v) is 13.0. The second kappa shape index (κ2) is 5.06. The zero-order chi connectivity index (χ0) is 14.2. The summed E-state index contributed by atoms with van der Waals surface area (Å²) in [7, 11) is 0. The number of halogens is 1. The van der Waals surface area contributed by atoms with Gasteiger partial charge in [0.25, 0.3) is 5.56 Å². The third-order valence-electron chi connectivity index (χ3n) is 2.97. The summed E-state index contributed by atoms with van der Waals surface area (Å²) in [6.45, 7) is 6.91. The number of rotatable bonds is 2. The van der Waals surface area contributed by atoms with Crippen molar-refractivity contribution < 1.29 is 0 Å². The molecule has 0 atom stereocenters. The molecule has 19 heavy (non-hydrogen) atoms. The summed E-state index contributed by atoms with van der Waals surface area (Å²) in [5, 5.41) is 0. The van der Waals surface area contributed by atoms with Crippen molar-refractivity contribution in [2.45, 2.75) is 32.7 Å². The fourth-order valence-corrected chi connectivity index (χ4v) is 2.40. The lowest BCUT2D eigenvalue weighted by atomic mass is 9.92. The summed E-state index contributed by atoms with van der Waals surface area (Å²) in [6, 6.07) is 5.76. The molecule has 4 nitrogen and oxygen atoms in total. The Hall–Kier alpha value is -1.20. The van der Waals surface area contributed by atoms with E-state index in [9.17, 15) is 4.79 Å². The van der Waals surface area contributed by atoms with E-state index in [0.29, 0.717) is 18.8 Å². The van der Waals surface area contributed by atoms with Gasteiger partial charge in [-0.1, -0.05) is 36.7 Å². The molecule has 0 unspecified atom stereocenters. The minimum Gasteiger partial charge on any atom is -0.329 e. The maximum Gasteiger partial charge on any atom is 0.273 e. The first kappa shape index (κ1) is 14.2. The van der Waals surface area contributed by atoms with Gasteiger partial charge in [-0.2, -0.15) is 0 Å². The number of hydrogen-bond donors (Lipinski definition) is 1. The van der Waals surface area contributed by atoms with Gasteiger partial charge in [0.15, 0.2) is 0 Å². The molecule has 0 bridgehead atoms. The quantitative estimate of drug-likeness (QED) is 0.923. The van der Waals surface area contributed by atoms with Crippen LogP contribution in [0.5, 0.6) is 0 Å². The fourth-order valence-electron chi connectivity index (χ4n) is 2.05. The predicted molar refractivity (Wildman–Crippen MR) is 81.5 cm³/mol. The maximum atomic E-state index is 12.6. The number of benzene rings is 1. The van der Waals surface area contributed by atoms with Gasteiger partial charge in [-0.25, -0.2) is 4.98 Å². The van der Waals surface area contributed by atoms with Gasteiger partial charge in [-0.3, -0.25) is 4.79 Å². The van der Waals surface area contributed by atoms with Crippen molar-refractivity contribution >= 4 is 27.0 Å². The molecule has 1 heterocycles. The van der Waals surface area contributed by atoms with Crippen LogP contribution in [-0.2, 0) is 12.0 Å². The molecule has 1 aromatic carbocycles. The van der Waals surface area contributed by atoms with Gasteiger partial charge >= 0.3 is 0 Å². The van der Waals surface area contributed by atoms with Crippen molar-refractivity contribution in [3.05, 3.63) is 38.7 Å². The van der Waals surface area contributed by atoms with Gasteiger partial charge in [0, 0.05) is 23.0 Å². The Bertz CT molecular complexity index is 671. The molecule has 0 amide bonds. The fraction of sp³-hybridized carbons (Fsp3) is 0.429. The lowest BCUT2D eigenvalue weighted by Gasteiger charge is -2.20. The molecule has 2 N–H and O–H groups in total. The van der Waals surface area contributed by atoms with E-state index in [0.717, 1.165) is 15.5 Å². The Labute approximate surface area is 120 Å². The van der Waals surface area contributed by atoms with Crippen LogP contribution in [0, 0.1) is 0 Å². The summed E-state index contributed by atoms with van der Waals surface area (Å²) < 4.78 is 2.64. The van der Waals surface area contributed by atoms with Crippen molar-refractivity contribution in [2.75, 3.05) is 6.54 Å². The van der Waals surface area contributed by atoms with Crippen LogP contribution in [0.4, 0.5) is 0 Å². The van der Waals surface area contributed by atoms with Crippen molar-refractivity contribution in [2.24, 2.45) is 5.73 Å². The maximum absolute atomic E-state index is 12.6. The lowest BCUT2D eigenvalue weighted by Crippen LogP contribution is -2.34. The zero-order valence-electron chi connectivity index (χ0n) is 11.4. The SMILES string of the molecule is CC(C)(C)c1nc2ccc(Br)cc2n(CCN)c1=O. The Morgan fingerprint density at radius 1 is 1.37 bits per heavy atom. The molecule has 2 aromatic rings. The number of fused-ring (bicyclic) bond motifs is 1. The van der Waals surface area contributed by atoms with Gasteiger partial charge in [0.05, 0.1) is 11.0 Å². The van der Waals surface area contributed by atoms with Crippen LogP contribution in [0.3, 0.4) is 0 Å². The van der Waals surface area contributed by atoms with Crippen molar-refractivity contribution in [3.8, 4) is 0 Å². The molecule has 0 saturated carbocycles. The summed E-state index contributed by atoms with van der Waals surface area (Å²) in [5.41, 5.74) is 7.51. The molecule has 0 aliphatic heterocycles. The molecule has 0 radical (unpaired) electrons. The average molecular weight is 324 g/mol. The molecule has 0 aliphatic rings. The topological polar surface area (TPSA) is 60.9 Å². The Morgan fingerprint density at radius 2 is 2.05 bits per heavy atom. The lowest BCUT2D eigenvalue weighted by molar-refractivity contribution is 0.547. The second-order valence-electron chi connectivity index (χ2n) is 5.59. The van der Waals surface area contributed by atoms with Crippen molar-refractivity contribution in [3.63, 3.8) is 0 Å². The van der Waals surface area contributed by atoms with Crippen molar-refractivity contribution in [1.29, 1.82) is 0 Å². The van der Waals surface area contributed by atoms with E-state index in [2.05, 4.69) is 20.9 Å². The Morgan fingerprint density at radius 3 is 2.63 bits per heavy atom. The standard InChI is InChI=1S/C14H18BrN3O/c1-14(2,3)12-13(19)18(7-6-16)11-8-9(15)4-5-10(11)17-12/h4-5,8H,6-7,16H2,1-3H3. The van der Waals surface area contributed by atoms with Gasteiger partial charge in [0.1, 0.15) is 5.69 Å². The van der Waals surface area contributed by atoms with Crippen LogP contribution in [0.15, 0.2) is 27.5 Å². The molecule has 2 rings (SSSR count). The summed E-state index contributed by atoms with van der Waals surface area (Å²) >= 11 is 3.43. The molecule has 0 fully saturated rings. The first-order valence-electron chi connectivity index (χ1n) is 6.25. The number of aromatic nitrogens is 2. The summed E-state index contributed by atoms with van der Waals surface area (Å²) in [6.07, 6.45) is 0. The largest absolute Gasteiger partial charge is 0.329 e. The number of nitrogens with zero attached hydrogens (tertiary/aromatic N) is 2. The van der Waals surface area contributed by atoms with Gasteiger partial charge in [-0.05, 0) is 18.2 Å². The van der Waals surface area contributed by atoms with Crippen LogP contribution >= 0.6 is 15.9 Å². The van der Waals surface area contributed by atoms with Gasteiger partial charge in [-0.15, -0.1) is 0 Å². The predicted octanol–water partition coefficient (Wildman–Crippen LogP) is 2.42. The molecule has 0 saturated heterocycles. The number of hydrogen-bond acceptors (Lipinski definition) is 3. The van der Waals surface area contributed by atoms with Crippen LogP contribution in [-0.4, -0.2) is 16.1 Å². The van der Waals surface area contributed by atoms with Gasteiger partial charge in [0.2, 0.25) is 0 Å². The van der Waals surface area contributed by atoms with Gasteiger partial charge < -0.3 is 10.3 Å². The normalized spacial score (nSPS) is 12.1. The first-order valence-corrected chi connectivity index (χ1v) is 7.04. The minimum absolute atomic E-state index is 0.0523. The Balaban J connectivity index is 2.87. The third-order valence-corrected chi connectivity index (χ3v) is 3.46. The van der Waals surface area contributed by atoms with Crippen LogP contribution < -0.4 is 11.3 Å². The van der Waals surface area contributed by atoms with E-state index in [4.69, 9.17) is 5.73 Å². The highest BCUT2D eigenvalue weighted by atomic mass is 79.9. The smallest absolute Gasteiger partial charge is 0.273 e. The molecular formula is C14H18BrN3O. The highest BCUT2D eigenvalue weighted by Crippen LogP contribution is 2.22. The highest BCUT2D eigenvalue weighted by molar-refractivity contribution is 9.10. The van der Waals surface area contributed by atoms with Crippen LogP contribution in [0.2, 0.25) is 0 Å².